The van der Waals surface area contributed by atoms with E-state index in [9.17, 15) is 4.79 Å². The maximum Gasteiger partial charge on any atom is 0.335 e. The number of nitrogens with zero attached hydrogens (tertiary/aromatic N) is 4. The number of rotatable bonds is 6. The molecule has 0 bridgehead atoms. The molecule has 0 saturated heterocycles. The molecule has 3 rings (SSSR count). The lowest BCUT2D eigenvalue weighted by molar-refractivity contribution is 0.0697. The van der Waals surface area contributed by atoms with Crippen LogP contribution in [-0.4, -0.2) is 36.2 Å². The van der Waals surface area contributed by atoms with Crippen LogP contribution in [0.15, 0.2) is 40.4 Å². The Bertz CT molecular complexity index is 894. The van der Waals surface area contributed by atoms with Crippen LogP contribution < -0.4 is 5.32 Å². The number of aromatic carboxylic acids is 1. The van der Waals surface area contributed by atoms with Crippen molar-refractivity contribution in [2.45, 2.75) is 30.3 Å². The van der Waals surface area contributed by atoms with Gasteiger partial charge in [-0.25, -0.2) is 9.78 Å². The quantitative estimate of drug-likeness (QED) is 0.617. The van der Waals surface area contributed by atoms with E-state index in [2.05, 4.69) is 30.5 Å². The van der Waals surface area contributed by atoms with Crippen LogP contribution >= 0.6 is 11.8 Å². The Morgan fingerprint density at radius 2 is 2.00 bits per heavy atom. The summed E-state index contributed by atoms with van der Waals surface area (Å²) >= 11 is 1.34. The smallest absolute Gasteiger partial charge is 0.335 e. The number of aromatic nitrogens is 5. The molecule has 0 aliphatic rings. The first-order valence-electron chi connectivity index (χ1n) is 7.58. The Morgan fingerprint density at radius 3 is 2.60 bits per heavy atom. The van der Waals surface area contributed by atoms with Crippen molar-refractivity contribution < 1.29 is 9.90 Å². The molecule has 0 spiro atoms. The minimum atomic E-state index is -0.953. The average Bonchev–Trinajstić information content (AvgIpc) is 3.00. The van der Waals surface area contributed by atoms with Gasteiger partial charge in [-0.05, 0) is 43.0 Å². The summed E-state index contributed by atoms with van der Waals surface area (Å²) in [7, 11) is 0. The van der Waals surface area contributed by atoms with Crippen LogP contribution in [0.5, 0.6) is 0 Å². The molecular formula is C16H16N6O2S. The molecule has 128 valence electrons. The molecule has 0 atom stereocenters. The first-order chi connectivity index (χ1) is 12.0. The zero-order chi connectivity index (χ0) is 17.8. The first kappa shape index (κ1) is 16.9. The molecule has 25 heavy (non-hydrogen) atoms. The Hall–Kier alpha value is -2.94. The summed E-state index contributed by atoms with van der Waals surface area (Å²) < 4.78 is 0. The van der Waals surface area contributed by atoms with E-state index in [0.717, 1.165) is 10.6 Å². The molecule has 8 nitrogen and oxygen atoms in total. The number of carboxylic acid groups (broad SMARTS) is 1. The zero-order valence-corrected chi connectivity index (χ0v) is 14.5. The number of hydrogen-bond acceptors (Lipinski definition) is 7. The van der Waals surface area contributed by atoms with Gasteiger partial charge in [0.05, 0.1) is 5.56 Å². The fraction of sp³-hybridized carbons (Fsp3) is 0.188. The number of anilines is 2. The number of H-pyrrole nitrogens is 1. The maximum atomic E-state index is 10.9. The lowest BCUT2D eigenvalue weighted by atomic mass is 10.2. The Morgan fingerprint density at radius 1 is 1.24 bits per heavy atom. The monoisotopic (exact) mass is 356 g/mol. The highest BCUT2D eigenvalue weighted by atomic mass is 32.2. The fourth-order valence-electron chi connectivity index (χ4n) is 2.03. The predicted molar refractivity (Wildman–Crippen MR) is 93.3 cm³/mol. The third-order valence-electron chi connectivity index (χ3n) is 3.23. The van der Waals surface area contributed by atoms with E-state index in [0.29, 0.717) is 29.2 Å². The normalized spacial score (nSPS) is 10.6. The van der Waals surface area contributed by atoms with E-state index in [1.165, 1.54) is 11.8 Å². The van der Waals surface area contributed by atoms with Crippen molar-refractivity contribution in [3.05, 3.63) is 47.4 Å². The van der Waals surface area contributed by atoms with Crippen LogP contribution in [-0.2, 0) is 6.42 Å². The molecule has 0 aliphatic heterocycles. The third kappa shape index (κ3) is 4.32. The molecule has 0 radical (unpaired) electrons. The van der Waals surface area contributed by atoms with E-state index in [1.54, 1.807) is 24.3 Å². The average molecular weight is 356 g/mol. The van der Waals surface area contributed by atoms with Gasteiger partial charge in [-0.2, -0.15) is 15.1 Å². The van der Waals surface area contributed by atoms with Crippen LogP contribution in [0.25, 0.3) is 0 Å². The first-order valence-corrected chi connectivity index (χ1v) is 8.40. The largest absolute Gasteiger partial charge is 0.478 e. The van der Waals surface area contributed by atoms with Crippen molar-refractivity contribution in [1.29, 1.82) is 0 Å². The van der Waals surface area contributed by atoms with Crippen molar-refractivity contribution in [2.24, 2.45) is 0 Å². The molecule has 0 fully saturated rings. The number of aromatic amines is 1. The van der Waals surface area contributed by atoms with Crippen molar-refractivity contribution >= 4 is 29.5 Å². The van der Waals surface area contributed by atoms with Crippen LogP contribution in [0.3, 0.4) is 0 Å². The van der Waals surface area contributed by atoms with Gasteiger partial charge in [-0.1, -0.05) is 6.92 Å². The van der Waals surface area contributed by atoms with Gasteiger partial charge in [-0.3, -0.25) is 5.10 Å². The number of benzene rings is 1. The minimum Gasteiger partial charge on any atom is -0.478 e. The molecule has 0 amide bonds. The van der Waals surface area contributed by atoms with Crippen LogP contribution in [0.4, 0.5) is 11.8 Å². The number of carbonyl (C=O) groups is 1. The Kier molecular flexibility index (Phi) is 4.94. The van der Waals surface area contributed by atoms with Crippen molar-refractivity contribution in [1.82, 2.24) is 25.1 Å². The molecule has 3 N–H and O–H groups in total. The summed E-state index contributed by atoms with van der Waals surface area (Å²) in [6.45, 7) is 3.87. The molecule has 0 saturated carbocycles. The highest BCUT2D eigenvalue weighted by Crippen LogP contribution is 2.26. The maximum absolute atomic E-state index is 10.9. The second kappa shape index (κ2) is 7.31. The predicted octanol–water partition coefficient (Wildman–Crippen LogP) is 3.06. The highest BCUT2D eigenvalue weighted by Gasteiger charge is 2.10. The summed E-state index contributed by atoms with van der Waals surface area (Å²) in [6.07, 6.45) is 0.669. The topological polar surface area (TPSA) is 117 Å². The van der Waals surface area contributed by atoms with Gasteiger partial charge < -0.3 is 10.4 Å². The van der Waals surface area contributed by atoms with Crippen molar-refractivity contribution in [2.75, 3.05) is 5.32 Å². The molecule has 2 aromatic heterocycles. The van der Waals surface area contributed by atoms with E-state index in [4.69, 9.17) is 5.11 Å². The standard InChI is InChI=1S/C16H16N6O2S/c1-3-12-17-15(18-13-8-9(2)21-22-13)20-16(19-12)25-11-6-4-10(5-7-11)14(23)24/h4-8H,3H2,1-2H3,(H,23,24)(H2,17,18,19,20,21,22). The lowest BCUT2D eigenvalue weighted by Crippen LogP contribution is -2.04. The summed E-state index contributed by atoms with van der Waals surface area (Å²) in [5, 5.41) is 19.5. The Labute approximate surface area is 148 Å². The molecule has 2 heterocycles. The number of hydrogen-bond donors (Lipinski definition) is 3. The lowest BCUT2D eigenvalue weighted by Gasteiger charge is -2.06. The van der Waals surface area contributed by atoms with E-state index in [1.807, 2.05) is 19.9 Å². The molecular weight excluding hydrogens is 340 g/mol. The van der Waals surface area contributed by atoms with Crippen LogP contribution in [0.2, 0.25) is 0 Å². The number of nitrogens with one attached hydrogen (secondary N) is 2. The van der Waals surface area contributed by atoms with Crippen LogP contribution in [0.1, 0.15) is 28.8 Å². The van der Waals surface area contributed by atoms with Crippen molar-refractivity contribution in [3.63, 3.8) is 0 Å². The highest BCUT2D eigenvalue weighted by molar-refractivity contribution is 7.99. The number of aryl methyl sites for hydroxylation is 2. The summed E-state index contributed by atoms with van der Waals surface area (Å²) in [4.78, 5) is 24.9. The minimum absolute atomic E-state index is 0.241. The van der Waals surface area contributed by atoms with Gasteiger partial charge in [0.2, 0.25) is 5.95 Å². The number of carboxylic acids is 1. The third-order valence-corrected chi connectivity index (χ3v) is 4.11. The summed E-state index contributed by atoms with van der Waals surface area (Å²) in [6, 6.07) is 8.42. The SMILES string of the molecule is CCc1nc(Nc2cc(C)[nH]n2)nc(Sc2ccc(C(=O)O)cc2)n1. The molecule has 0 unspecified atom stereocenters. The van der Waals surface area contributed by atoms with Gasteiger partial charge in [0.25, 0.3) is 0 Å². The van der Waals surface area contributed by atoms with E-state index in [-0.39, 0.29) is 5.56 Å². The van der Waals surface area contributed by atoms with Gasteiger partial charge in [0, 0.05) is 23.1 Å². The summed E-state index contributed by atoms with van der Waals surface area (Å²) in [5.74, 6) is 0.760. The van der Waals surface area contributed by atoms with Crippen LogP contribution in [0, 0.1) is 6.92 Å². The van der Waals surface area contributed by atoms with E-state index >= 15 is 0 Å². The second-order valence-electron chi connectivity index (χ2n) is 5.20. The Balaban J connectivity index is 1.82. The van der Waals surface area contributed by atoms with Crippen molar-refractivity contribution in [3.8, 4) is 0 Å². The van der Waals surface area contributed by atoms with Gasteiger partial charge in [0.1, 0.15) is 5.82 Å². The molecule has 3 aromatic rings. The molecule has 9 heteroatoms. The summed E-state index contributed by atoms with van der Waals surface area (Å²) in [5.41, 5.74) is 1.17. The fourth-order valence-corrected chi connectivity index (χ4v) is 2.79. The zero-order valence-electron chi connectivity index (χ0n) is 13.6. The molecule has 1 aromatic carbocycles. The van der Waals surface area contributed by atoms with Gasteiger partial charge in [0.15, 0.2) is 11.0 Å². The second-order valence-corrected chi connectivity index (χ2v) is 6.24. The van der Waals surface area contributed by atoms with Gasteiger partial charge in [-0.15, -0.1) is 0 Å². The van der Waals surface area contributed by atoms with E-state index < -0.39 is 5.97 Å². The van der Waals surface area contributed by atoms with Gasteiger partial charge >= 0.3 is 5.97 Å². The molecule has 0 aliphatic carbocycles.